The van der Waals surface area contributed by atoms with Gasteiger partial charge in [-0.15, -0.1) is 0 Å². The Balaban J connectivity index is 2.05. The highest BCUT2D eigenvalue weighted by atomic mass is 19.4. The lowest BCUT2D eigenvalue weighted by Crippen LogP contribution is -2.43. The van der Waals surface area contributed by atoms with Crippen LogP contribution in [-0.4, -0.2) is 58.1 Å². The van der Waals surface area contributed by atoms with Crippen molar-refractivity contribution in [1.82, 2.24) is 10.6 Å². The Labute approximate surface area is 156 Å². The third kappa shape index (κ3) is 7.64. The molecular formula is C18H25F3N2O4. The van der Waals surface area contributed by atoms with Crippen LogP contribution in [0.25, 0.3) is 0 Å². The predicted molar refractivity (Wildman–Crippen MR) is 93.3 cm³/mol. The Bertz CT molecular complexity index is 605. The molecule has 1 aromatic rings. The largest absolute Gasteiger partial charge is 0.490 e. The van der Waals surface area contributed by atoms with E-state index in [1.54, 1.807) is 0 Å². The molecule has 1 aliphatic heterocycles. The zero-order valence-electron chi connectivity index (χ0n) is 15.2. The van der Waals surface area contributed by atoms with Crippen LogP contribution in [-0.2, 0) is 4.74 Å². The van der Waals surface area contributed by atoms with E-state index in [0.717, 1.165) is 25.8 Å². The predicted octanol–water partition coefficient (Wildman–Crippen LogP) is 2.52. The fourth-order valence-corrected chi connectivity index (χ4v) is 2.71. The van der Waals surface area contributed by atoms with Crippen LogP contribution in [0, 0.1) is 0 Å². The summed E-state index contributed by atoms with van der Waals surface area (Å²) in [5.41, 5.74) is 0.126. The number of methoxy groups -OCH3 is 1. The zero-order valence-corrected chi connectivity index (χ0v) is 15.2. The van der Waals surface area contributed by atoms with Crippen LogP contribution in [0.1, 0.15) is 29.6 Å². The van der Waals surface area contributed by atoms with E-state index >= 15 is 0 Å². The minimum Gasteiger partial charge on any atom is -0.490 e. The van der Waals surface area contributed by atoms with Gasteiger partial charge in [-0.1, -0.05) is 6.42 Å². The monoisotopic (exact) mass is 390 g/mol. The van der Waals surface area contributed by atoms with Crippen molar-refractivity contribution in [3.63, 3.8) is 0 Å². The summed E-state index contributed by atoms with van der Waals surface area (Å²) < 4.78 is 52.2. The SMILES string of the molecule is COCCOc1ccc(OCC(F)(F)F)cc1C(=O)NCC1CCCCN1. The maximum Gasteiger partial charge on any atom is 0.422 e. The van der Waals surface area contributed by atoms with Gasteiger partial charge in [-0.3, -0.25) is 4.79 Å². The van der Waals surface area contributed by atoms with Gasteiger partial charge in [0.05, 0.1) is 12.2 Å². The van der Waals surface area contributed by atoms with Gasteiger partial charge in [0.15, 0.2) is 6.61 Å². The molecule has 6 nitrogen and oxygen atoms in total. The highest BCUT2D eigenvalue weighted by Gasteiger charge is 2.28. The van der Waals surface area contributed by atoms with Crippen molar-refractivity contribution in [2.24, 2.45) is 0 Å². The van der Waals surface area contributed by atoms with Gasteiger partial charge in [0.25, 0.3) is 5.91 Å². The van der Waals surface area contributed by atoms with Crippen LogP contribution in [0.15, 0.2) is 18.2 Å². The second-order valence-corrected chi connectivity index (χ2v) is 6.26. The molecule has 1 saturated heterocycles. The lowest BCUT2D eigenvalue weighted by molar-refractivity contribution is -0.153. The second kappa shape index (κ2) is 10.4. The first-order valence-electron chi connectivity index (χ1n) is 8.86. The van der Waals surface area contributed by atoms with E-state index in [-0.39, 0.29) is 29.7 Å². The van der Waals surface area contributed by atoms with Crippen molar-refractivity contribution < 1.29 is 32.2 Å². The first-order valence-corrected chi connectivity index (χ1v) is 8.86. The molecule has 0 bridgehead atoms. The van der Waals surface area contributed by atoms with Gasteiger partial charge in [-0.05, 0) is 37.6 Å². The quantitative estimate of drug-likeness (QED) is 0.635. The summed E-state index contributed by atoms with van der Waals surface area (Å²) in [7, 11) is 1.52. The van der Waals surface area contributed by atoms with Crippen molar-refractivity contribution in [3.8, 4) is 11.5 Å². The fourth-order valence-electron chi connectivity index (χ4n) is 2.71. The Hall–Kier alpha value is -2.00. The summed E-state index contributed by atoms with van der Waals surface area (Å²) in [5, 5.41) is 6.13. The number of carbonyl (C=O) groups is 1. The van der Waals surface area contributed by atoms with Gasteiger partial charge >= 0.3 is 6.18 Å². The molecule has 9 heteroatoms. The third-order valence-corrected chi connectivity index (χ3v) is 4.06. The summed E-state index contributed by atoms with van der Waals surface area (Å²) >= 11 is 0. The van der Waals surface area contributed by atoms with Gasteiger partial charge in [0.2, 0.25) is 0 Å². The molecule has 1 aromatic carbocycles. The average Bonchev–Trinajstić information content (AvgIpc) is 2.65. The molecule has 1 unspecified atom stereocenters. The molecule has 27 heavy (non-hydrogen) atoms. The van der Waals surface area contributed by atoms with E-state index < -0.39 is 18.7 Å². The second-order valence-electron chi connectivity index (χ2n) is 6.26. The standard InChI is InChI=1S/C18H25F3N2O4/c1-25-8-9-26-16-6-5-14(27-12-18(19,20)21)10-15(16)17(24)23-11-13-4-2-3-7-22-13/h5-6,10,13,22H,2-4,7-9,11-12H2,1H3,(H,23,24). The summed E-state index contributed by atoms with van der Waals surface area (Å²) in [6, 6.07) is 4.21. The van der Waals surface area contributed by atoms with E-state index in [9.17, 15) is 18.0 Å². The van der Waals surface area contributed by atoms with Gasteiger partial charge in [-0.25, -0.2) is 0 Å². The van der Waals surface area contributed by atoms with Gasteiger partial charge in [0.1, 0.15) is 18.1 Å². The van der Waals surface area contributed by atoms with E-state index in [1.165, 1.54) is 25.3 Å². The Morgan fingerprint density at radius 1 is 1.26 bits per heavy atom. The molecule has 1 aliphatic rings. The molecule has 0 radical (unpaired) electrons. The van der Waals surface area contributed by atoms with Crippen molar-refractivity contribution in [3.05, 3.63) is 23.8 Å². The van der Waals surface area contributed by atoms with Crippen LogP contribution in [0.2, 0.25) is 0 Å². The van der Waals surface area contributed by atoms with Crippen LogP contribution >= 0.6 is 0 Å². The molecule has 2 N–H and O–H groups in total. The number of piperidine rings is 1. The van der Waals surface area contributed by atoms with Crippen molar-refractivity contribution in [2.75, 3.05) is 40.0 Å². The minimum absolute atomic E-state index is 0.0487. The molecule has 1 fully saturated rings. The Kier molecular flexibility index (Phi) is 8.18. The zero-order chi connectivity index (χ0) is 19.7. The number of hydrogen-bond donors (Lipinski definition) is 2. The van der Waals surface area contributed by atoms with E-state index in [0.29, 0.717) is 13.2 Å². The molecule has 2 rings (SSSR count). The van der Waals surface area contributed by atoms with Crippen LogP contribution in [0.3, 0.4) is 0 Å². The van der Waals surface area contributed by atoms with Crippen LogP contribution in [0.4, 0.5) is 13.2 Å². The number of halogens is 3. The number of amides is 1. The maximum atomic E-state index is 12.6. The molecular weight excluding hydrogens is 365 g/mol. The molecule has 0 saturated carbocycles. The smallest absolute Gasteiger partial charge is 0.422 e. The molecule has 0 aliphatic carbocycles. The normalized spacial score (nSPS) is 17.4. The lowest BCUT2D eigenvalue weighted by Gasteiger charge is -2.23. The first kappa shape index (κ1) is 21.3. The average molecular weight is 390 g/mol. The molecule has 0 aromatic heterocycles. The number of carbonyl (C=O) groups excluding carboxylic acids is 1. The first-order chi connectivity index (χ1) is 12.9. The number of hydrogen-bond acceptors (Lipinski definition) is 5. The van der Waals surface area contributed by atoms with E-state index in [2.05, 4.69) is 10.6 Å². The summed E-state index contributed by atoms with van der Waals surface area (Å²) in [6.45, 7) is 0.448. The van der Waals surface area contributed by atoms with Gasteiger partial charge < -0.3 is 24.8 Å². The molecule has 152 valence electrons. The number of nitrogens with one attached hydrogen (secondary N) is 2. The van der Waals surface area contributed by atoms with Gasteiger partial charge in [0, 0.05) is 19.7 Å². The van der Waals surface area contributed by atoms with Crippen molar-refractivity contribution in [1.29, 1.82) is 0 Å². The fraction of sp³-hybridized carbons (Fsp3) is 0.611. The number of benzene rings is 1. The molecule has 0 spiro atoms. The summed E-state index contributed by atoms with van der Waals surface area (Å²) in [6.07, 6.45) is -1.28. The van der Waals surface area contributed by atoms with Crippen molar-refractivity contribution >= 4 is 5.91 Å². The number of ether oxygens (including phenoxy) is 3. The maximum absolute atomic E-state index is 12.6. The van der Waals surface area contributed by atoms with Crippen molar-refractivity contribution in [2.45, 2.75) is 31.5 Å². The topological polar surface area (TPSA) is 68.8 Å². The number of alkyl halides is 3. The molecule has 1 amide bonds. The highest BCUT2D eigenvalue weighted by molar-refractivity contribution is 5.97. The summed E-state index contributed by atoms with van der Waals surface area (Å²) in [4.78, 5) is 12.6. The minimum atomic E-state index is -4.46. The molecule has 1 atom stereocenters. The van der Waals surface area contributed by atoms with Crippen LogP contribution in [0.5, 0.6) is 11.5 Å². The number of rotatable bonds is 9. The Morgan fingerprint density at radius 3 is 2.74 bits per heavy atom. The lowest BCUT2D eigenvalue weighted by atomic mass is 10.0. The molecule has 1 heterocycles. The Morgan fingerprint density at radius 2 is 2.07 bits per heavy atom. The van der Waals surface area contributed by atoms with E-state index in [1.807, 2.05) is 0 Å². The highest BCUT2D eigenvalue weighted by Crippen LogP contribution is 2.26. The summed E-state index contributed by atoms with van der Waals surface area (Å²) in [5.74, 6) is -0.208. The third-order valence-electron chi connectivity index (χ3n) is 4.06. The van der Waals surface area contributed by atoms with Crippen LogP contribution < -0.4 is 20.1 Å². The van der Waals surface area contributed by atoms with E-state index in [4.69, 9.17) is 14.2 Å². The van der Waals surface area contributed by atoms with Gasteiger partial charge in [-0.2, -0.15) is 13.2 Å².